The van der Waals surface area contributed by atoms with Gasteiger partial charge in [0.05, 0.1) is 4.90 Å². The van der Waals surface area contributed by atoms with Gasteiger partial charge in [-0.05, 0) is 43.4 Å². The average molecular weight is 296 g/mol. The molecule has 0 spiro atoms. The summed E-state index contributed by atoms with van der Waals surface area (Å²) in [6.45, 7) is 6.69. The highest BCUT2D eigenvalue weighted by molar-refractivity contribution is 7.89. The van der Waals surface area contributed by atoms with Gasteiger partial charge in [0.25, 0.3) is 0 Å². The maximum Gasteiger partial charge on any atom is 0.240 e. The number of benzene rings is 1. The Labute approximate surface area is 122 Å². The van der Waals surface area contributed by atoms with Crippen molar-refractivity contribution >= 4 is 10.0 Å². The van der Waals surface area contributed by atoms with Crippen LogP contribution in [0, 0.1) is 5.92 Å². The molecule has 1 aromatic rings. The van der Waals surface area contributed by atoms with E-state index in [-0.39, 0.29) is 12.0 Å². The van der Waals surface area contributed by atoms with Crippen LogP contribution in [0.5, 0.6) is 0 Å². The van der Waals surface area contributed by atoms with E-state index in [1.54, 1.807) is 12.1 Å². The zero-order valence-electron chi connectivity index (χ0n) is 12.4. The molecule has 0 saturated heterocycles. The Bertz CT molecular complexity index is 533. The molecular weight excluding hydrogens is 272 g/mol. The van der Waals surface area contributed by atoms with Gasteiger partial charge in [-0.2, -0.15) is 0 Å². The number of sulfonamides is 1. The monoisotopic (exact) mass is 296 g/mol. The minimum Gasteiger partial charge on any atom is -0.310 e. The number of hydrogen-bond acceptors (Lipinski definition) is 3. The molecule has 4 nitrogen and oxygen atoms in total. The maximum absolute atomic E-state index is 12.2. The maximum atomic E-state index is 12.2. The van der Waals surface area contributed by atoms with E-state index in [1.165, 1.54) is 12.8 Å². The Morgan fingerprint density at radius 1 is 1.15 bits per heavy atom. The molecule has 0 aliphatic heterocycles. The van der Waals surface area contributed by atoms with Gasteiger partial charge in [-0.1, -0.05) is 26.0 Å². The predicted molar refractivity (Wildman–Crippen MR) is 80.9 cm³/mol. The van der Waals surface area contributed by atoms with Gasteiger partial charge < -0.3 is 5.32 Å². The normalized spacial score (nSPS) is 17.4. The van der Waals surface area contributed by atoms with E-state index in [2.05, 4.69) is 10.0 Å². The van der Waals surface area contributed by atoms with Gasteiger partial charge in [-0.25, -0.2) is 13.1 Å². The average Bonchev–Trinajstić information content (AvgIpc) is 3.20. The third kappa shape index (κ3) is 4.30. The molecule has 2 N–H and O–H groups in total. The predicted octanol–water partition coefficient (Wildman–Crippen LogP) is 2.26. The molecule has 1 fully saturated rings. The molecule has 0 bridgehead atoms. The first-order valence-electron chi connectivity index (χ1n) is 7.23. The lowest BCUT2D eigenvalue weighted by Gasteiger charge is -2.17. The molecule has 1 aromatic carbocycles. The first-order valence-corrected chi connectivity index (χ1v) is 8.71. The van der Waals surface area contributed by atoms with Gasteiger partial charge >= 0.3 is 0 Å². The van der Waals surface area contributed by atoms with E-state index in [9.17, 15) is 8.42 Å². The molecule has 1 aliphatic carbocycles. The zero-order chi connectivity index (χ0) is 14.8. The molecule has 1 unspecified atom stereocenters. The van der Waals surface area contributed by atoms with Crippen molar-refractivity contribution in [2.75, 3.05) is 0 Å². The van der Waals surface area contributed by atoms with Gasteiger partial charge in [0.2, 0.25) is 10.0 Å². The smallest absolute Gasteiger partial charge is 0.240 e. The summed E-state index contributed by atoms with van der Waals surface area (Å²) in [6, 6.07) is 7.70. The van der Waals surface area contributed by atoms with Crippen molar-refractivity contribution in [3.05, 3.63) is 29.8 Å². The lowest BCUT2D eigenvalue weighted by atomic mass is 10.1. The summed E-state index contributed by atoms with van der Waals surface area (Å²) in [6.07, 6.45) is 2.51. The van der Waals surface area contributed by atoms with Crippen LogP contribution in [0.25, 0.3) is 0 Å². The molecule has 0 aromatic heterocycles. The third-order valence-corrected chi connectivity index (χ3v) is 5.32. The van der Waals surface area contributed by atoms with Crippen LogP contribution >= 0.6 is 0 Å². The fourth-order valence-electron chi connectivity index (χ4n) is 1.78. The highest BCUT2D eigenvalue weighted by atomic mass is 32.2. The first-order chi connectivity index (χ1) is 9.38. The van der Waals surface area contributed by atoms with Crippen LogP contribution in [-0.4, -0.2) is 20.5 Å². The number of rotatable bonds is 7. The summed E-state index contributed by atoms with van der Waals surface area (Å²) >= 11 is 0. The standard InChI is InChI=1S/C15H24N2O2S/c1-11(2)12(3)17-20(18,19)15-8-4-13(5-9-15)10-16-14-6-7-14/h4-5,8-9,11-12,14,16-17H,6-7,10H2,1-3H3. The van der Waals surface area contributed by atoms with Gasteiger partial charge in [0.15, 0.2) is 0 Å². The van der Waals surface area contributed by atoms with Gasteiger partial charge in [0.1, 0.15) is 0 Å². The quantitative estimate of drug-likeness (QED) is 0.811. The van der Waals surface area contributed by atoms with Gasteiger partial charge in [-0.3, -0.25) is 0 Å². The van der Waals surface area contributed by atoms with E-state index in [0.717, 1.165) is 12.1 Å². The van der Waals surface area contributed by atoms with Crippen molar-refractivity contribution in [1.29, 1.82) is 0 Å². The van der Waals surface area contributed by atoms with Crippen molar-refractivity contribution in [1.82, 2.24) is 10.0 Å². The zero-order valence-corrected chi connectivity index (χ0v) is 13.2. The lowest BCUT2D eigenvalue weighted by Crippen LogP contribution is -2.36. The first kappa shape index (κ1) is 15.5. The summed E-state index contributed by atoms with van der Waals surface area (Å²) in [5, 5.41) is 3.41. The molecule has 0 heterocycles. The second-order valence-corrected chi connectivity index (χ2v) is 7.67. The second kappa shape index (κ2) is 6.24. The van der Waals surface area contributed by atoms with Crippen LogP contribution in [-0.2, 0) is 16.6 Å². The van der Waals surface area contributed by atoms with Crippen LogP contribution in [0.4, 0.5) is 0 Å². The van der Waals surface area contributed by atoms with Crippen molar-refractivity contribution < 1.29 is 8.42 Å². The fraction of sp³-hybridized carbons (Fsp3) is 0.600. The van der Waals surface area contributed by atoms with E-state index in [1.807, 2.05) is 32.9 Å². The summed E-state index contributed by atoms with van der Waals surface area (Å²) < 4.78 is 27.1. The third-order valence-electron chi connectivity index (χ3n) is 3.75. The Balaban J connectivity index is 2.00. The number of hydrogen-bond donors (Lipinski definition) is 2. The van der Waals surface area contributed by atoms with Gasteiger partial charge in [0, 0.05) is 18.6 Å². The lowest BCUT2D eigenvalue weighted by molar-refractivity contribution is 0.476. The minimum absolute atomic E-state index is 0.0730. The molecule has 0 radical (unpaired) electrons. The largest absolute Gasteiger partial charge is 0.310 e. The SMILES string of the molecule is CC(C)C(C)NS(=O)(=O)c1ccc(CNC2CC2)cc1. The summed E-state index contributed by atoms with van der Waals surface area (Å²) in [7, 11) is -3.41. The topological polar surface area (TPSA) is 58.2 Å². The Morgan fingerprint density at radius 2 is 1.75 bits per heavy atom. The summed E-state index contributed by atoms with van der Waals surface area (Å²) in [5.74, 6) is 0.270. The fourth-order valence-corrected chi connectivity index (χ4v) is 3.18. The molecule has 1 aliphatic rings. The van der Waals surface area contributed by atoms with Crippen molar-refractivity contribution in [2.24, 2.45) is 5.92 Å². The van der Waals surface area contributed by atoms with Crippen molar-refractivity contribution in [3.8, 4) is 0 Å². The molecule has 1 saturated carbocycles. The molecular formula is C15H24N2O2S. The number of nitrogens with one attached hydrogen (secondary N) is 2. The van der Waals surface area contributed by atoms with E-state index in [0.29, 0.717) is 10.9 Å². The second-order valence-electron chi connectivity index (χ2n) is 5.95. The van der Waals surface area contributed by atoms with Crippen LogP contribution < -0.4 is 10.0 Å². The van der Waals surface area contributed by atoms with Crippen LogP contribution in [0.3, 0.4) is 0 Å². The van der Waals surface area contributed by atoms with E-state index >= 15 is 0 Å². The van der Waals surface area contributed by atoms with E-state index < -0.39 is 10.0 Å². The molecule has 0 amide bonds. The summed E-state index contributed by atoms with van der Waals surface area (Å²) in [5.41, 5.74) is 1.12. The highest BCUT2D eigenvalue weighted by Gasteiger charge is 2.21. The molecule has 20 heavy (non-hydrogen) atoms. The molecule has 112 valence electrons. The van der Waals surface area contributed by atoms with E-state index in [4.69, 9.17) is 0 Å². The molecule has 1 atom stereocenters. The van der Waals surface area contributed by atoms with Crippen LogP contribution in [0.15, 0.2) is 29.2 Å². The van der Waals surface area contributed by atoms with Gasteiger partial charge in [-0.15, -0.1) is 0 Å². The summed E-state index contributed by atoms with van der Waals surface area (Å²) in [4.78, 5) is 0.333. The molecule has 2 rings (SSSR count). The Hall–Kier alpha value is -0.910. The minimum atomic E-state index is -3.41. The Kier molecular flexibility index (Phi) is 4.83. The van der Waals surface area contributed by atoms with Crippen LogP contribution in [0.1, 0.15) is 39.2 Å². The van der Waals surface area contributed by atoms with Crippen LogP contribution in [0.2, 0.25) is 0 Å². The Morgan fingerprint density at radius 3 is 2.25 bits per heavy atom. The molecule has 5 heteroatoms. The van der Waals surface area contributed by atoms with Crippen molar-refractivity contribution in [3.63, 3.8) is 0 Å². The van der Waals surface area contributed by atoms with Crippen molar-refractivity contribution in [2.45, 2.75) is 57.1 Å². The highest BCUT2D eigenvalue weighted by Crippen LogP contribution is 2.19.